The van der Waals surface area contributed by atoms with Crippen LogP contribution < -0.4 is 26.6 Å². The first-order valence-electron chi connectivity index (χ1n) is 14.4. The van der Waals surface area contributed by atoms with Crippen molar-refractivity contribution in [1.82, 2.24) is 21.3 Å². The first kappa shape index (κ1) is 35.3. The predicted octanol–water partition coefficient (Wildman–Crippen LogP) is 2.71. The molecule has 0 aromatic heterocycles. The topological polar surface area (TPSA) is 158 Å². The Morgan fingerprint density at radius 3 is 2.37 bits per heavy atom. The molecule has 11 nitrogen and oxygen atoms in total. The highest BCUT2D eigenvalue weighted by Gasteiger charge is 2.32. The third kappa shape index (κ3) is 9.54. The van der Waals surface area contributed by atoms with Gasteiger partial charge in [0.25, 0.3) is 0 Å². The predicted molar refractivity (Wildman–Crippen MR) is 164 cm³/mol. The van der Waals surface area contributed by atoms with Gasteiger partial charge in [-0.25, -0.2) is 9.18 Å². The zero-order valence-corrected chi connectivity index (χ0v) is 26.4. The summed E-state index contributed by atoms with van der Waals surface area (Å²) in [5.41, 5.74) is 2.48. The van der Waals surface area contributed by atoms with Crippen LogP contribution in [0.2, 0.25) is 0 Å². The number of aliphatic hydroxyl groups is 1. The fourth-order valence-electron chi connectivity index (χ4n) is 4.74. The lowest BCUT2D eigenvalue weighted by Crippen LogP contribution is -2.56. The van der Waals surface area contributed by atoms with Crippen LogP contribution in [0.25, 0.3) is 5.57 Å². The first-order valence-corrected chi connectivity index (χ1v) is 14.4. The maximum Gasteiger partial charge on any atom is 0.408 e. The van der Waals surface area contributed by atoms with Gasteiger partial charge in [-0.2, -0.15) is 0 Å². The van der Waals surface area contributed by atoms with E-state index in [0.717, 1.165) is 11.1 Å². The minimum absolute atomic E-state index is 0.00607. The van der Waals surface area contributed by atoms with Gasteiger partial charge in [0.1, 0.15) is 23.5 Å². The van der Waals surface area contributed by atoms with Gasteiger partial charge >= 0.3 is 6.09 Å². The summed E-state index contributed by atoms with van der Waals surface area (Å²) in [7, 11) is 1.67. The minimum Gasteiger partial charge on any atom is -0.444 e. The van der Waals surface area contributed by atoms with Crippen LogP contribution >= 0.6 is 0 Å². The van der Waals surface area contributed by atoms with E-state index >= 15 is 0 Å². The number of aliphatic hydroxyl groups excluding tert-OH is 1. The van der Waals surface area contributed by atoms with Gasteiger partial charge in [0, 0.05) is 30.4 Å². The van der Waals surface area contributed by atoms with Crippen LogP contribution in [-0.4, -0.2) is 72.8 Å². The summed E-state index contributed by atoms with van der Waals surface area (Å²) < 4.78 is 20.0. The van der Waals surface area contributed by atoms with E-state index in [2.05, 4.69) is 33.2 Å². The minimum atomic E-state index is -0.955. The Morgan fingerprint density at radius 2 is 1.81 bits per heavy atom. The van der Waals surface area contributed by atoms with Crippen molar-refractivity contribution in [3.05, 3.63) is 46.8 Å². The van der Waals surface area contributed by atoms with Gasteiger partial charge in [-0.15, -0.1) is 0 Å². The summed E-state index contributed by atoms with van der Waals surface area (Å²) in [4.78, 5) is 50.9. The van der Waals surface area contributed by atoms with E-state index in [9.17, 15) is 28.7 Å². The number of carbonyl (C=O) groups excluding carboxylic acids is 4. The highest BCUT2D eigenvalue weighted by molar-refractivity contribution is 5.94. The molecule has 1 aromatic rings. The maximum atomic E-state index is 14.7. The Labute approximate surface area is 253 Å². The molecule has 0 aliphatic heterocycles. The Hall–Kier alpha value is -3.93. The van der Waals surface area contributed by atoms with Crippen LogP contribution in [0.3, 0.4) is 0 Å². The fraction of sp³-hybridized carbons (Fsp3) is 0.548. The van der Waals surface area contributed by atoms with Crippen molar-refractivity contribution in [3.8, 4) is 0 Å². The number of anilines is 1. The summed E-state index contributed by atoms with van der Waals surface area (Å²) in [5.74, 6) is -2.16. The van der Waals surface area contributed by atoms with Gasteiger partial charge in [-0.3, -0.25) is 14.4 Å². The number of fused-ring (bicyclic) bond motifs is 1. The van der Waals surface area contributed by atoms with E-state index in [4.69, 9.17) is 4.74 Å². The zero-order chi connectivity index (χ0) is 32.6. The third-order valence-electron chi connectivity index (χ3n) is 7.06. The molecule has 12 heteroatoms. The van der Waals surface area contributed by atoms with Gasteiger partial charge in [0.15, 0.2) is 0 Å². The molecule has 0 saturated carbocycles. The Balaban J connectivity index is 2.28. The quantitative estimate of drug-likeness (QED) is 0.212. The second-order valence-electron chi connectivity index (χ2n) is 12.0. The van der Waals surface area contributed by atoms with Gasteiger partial charge in [-0.1, -0.05) is 26.5 Å². The number of nitrogens with one attached hydrogen (secondary N) is 5. The Morgan fingerprint density at radius 1 is 1.16 bits per heavy atom. The second-order valence-corrected chi connectivity index (χ2v) is 12.0. The molecule has 6 N–H and O–H groups in total. The Bertz CT molecular complexity index is 1270. The van der Waals surface area contributed by atoms with Crippen molar-refractivity contribution < 1.29 is 33.4 Å². The normalized spacial score (nSPS) is 16.9. The van der Waals surface area contributed by atoms with Gasteiger partial charge in [0.2, 0.25) is 17.7 Å². The number of benzene rings is 1. The van der Waals surface area contributed by atoms with Gasteiger partial charge in [0.05, 0.1) is 12.6 Å². The smallest absolute Gasteiger partial charge is 0.408 e. The summed E-state index contributed by atoms with van der Waals surface area (Å²) in [6.45, 7) is 15.0. The molecular formula is C31H46FN5O6. The standard InChI is InChI=1S/C31H46FN5O6/c1-16(2)26(37-30(42)43-31(6,7)8)29(41)35-19(5)28(40)36-23-11-10-20-18(4)22(32)14-24(33-9)25(20)21(23)12-13-34-27(39)17(3)15-38/h12,14,16,19,23,26,33,38H,3,10-11,13,15H2,1-2,4-9H3,(H,34,39)(H,35,41)(H,36,40)(H,37,42)/b21-12+/t19-,23-,26-/m0/s1. The molecular weight excluding hydrogens is 557 g/mol. The van der Waals surface area contributed by atoms with Crippen LogP contribution in [0.1, 0.15) is 64.7 Å². The average Bonchev–Trinajstić information content (AvgIpc) is 2.92. The molecule has 0 radical (unpaired) electrons. The van der Waals surface area contributed by atoms with Crippen molar-refractivity contribution in [3.63, 3.8) is 0 Å². The van der Waals surface area contributed by atoms with Gasteiger partial charge in [-0.05, 0) is 76.1 Å². The average molecular weight is 604 g/mol. The van der Waals surface area contributed by atoms with Crippen molar-refractivity contribution in [1.29, 1.82) is 0 Å². The van der Waals surface area contributed by atoms with Crippen LogP contribution in [0.4, 0.5) is 14.9 Å². The van der Waals surface area contributed by atoms with Gasteiger partial charge < -0.3 is 36.4 Å². The van der Waals surface area contributed by atoms with E-state index < -0.39 is 54.1 Å². The number of alkyl carbamates (subject to hydrolysis) is 1. The number of hydrogen-bond donors (Lipinski definition) is 6. The van der Waals surface area contributed by atoms with Crippen LogP contribution in [-0.2, 0) is 25.5 Å². The molecule has 1 aliphatic rings. The monoisotopic (exact) mass is 603 g/mol. The molecule has 2 rings (SSSR count). The number of amides is 4. The Kier molecular flexibility index (Phi) is 12.3. The van der Waals surface area contributed by atoms with E-state index in [1.54, 1.807) is 54.7 Å². The molecule has 3 atom stereocenters. The molecule has 43 heavy (non-hydrogen) atoms. The summed E-state index contributed by atoms with van der Waals surface area (Å²) >= 11 is 0. The molecule has 0 saturated heterocycles. The molecule has 238 valence electrons. The lowest BCUT2D eigenvalue weighted by molar-refractivity contribution is -0.130. The van der Waals surface area contributed by atoms with E-state index in [-0.39, 0.29) is 23.9 Å². The number of rotatable bonds is 11. The molecule has 0 fully saturated rings. The summed E-state index contributed by atoms with van der Waals surface area (Å²) in [6, 6.07) is -1.01. The maximum absolute atomic E-state index is 14.7. The van der Waals surface area contributed by atoms with E-state index in [1.165, 1.54) is 13.0 Å². The molecule has 0 spiro atoms. The highest BCUT2D eigenvalue weighted by Crippen LogP contribution is 2.39. The van der Waals surface area contributed by atoms with E-state index in [1.807, 2.05) is 0 Å². The number of hydrogen-bond acceptors (Lipinski definition) is 7. The molecule has 1 aliphatic carbocycles. The van der Waals surface area contributed by atoms with Crippen LogP contribution in [0, 0.1) is 18.7 Å². The number of ether oxygens (including phenoxy) is 1. The number of carbonyl (C=O) groups is 4. The molecule has 0 bridgehead atoms. The fourth-order valence-corrected chi connectivity index (χ4v) is 4.74. The second kappa shape index (κ2) is 15.0. The molecule has 0 unspecified atom stereocenters. The lowest BCUT2D eigenvalue weighted by atomic mass is 9.80. The van der Waals surface area contributed by atoms with Crippen molar-refractivity contribution >= 4 is 35.1 Å². The number of halogens is 1. The first-order chi connectivity index (χ1) is 20.0. The summed E-state index contributed by atoms with van der Waals surface area (Å²) in [5, 5.41) is 23.1. The molecule has 4 amide bonds. The van der Waals surface area contributed by atoms with Crippen LogP contribution in [0.5, 0.6) is 0 Å². The SMILES string of the molecule is C=C(CO)C(=O)NC/C=C1/c2c(NC)cc(F)c(C)c2CC[C@@H]1NC(=O)[C@H](C)NC(=O)[C@@H](NC(=O)OC(C)(C)C)C(C)C. The van der Waals surface area contributed by atoms with E-state index in [0.29, 0.717) is 29.7 Å². The third-order valence-corrected chi connectivity index (χ3v) is 7.06. The summed E-state index contributed by atoms with van der Waals surface area (Å²) in [6.07, 6.45) is 1.94. The highest BCUT2D eigenvalue weighted by atomic mass is 19.1. The van der Waals surface area contributed by atoms with Crippen molar-refractivity contribution in [2.24, 2.45) is 5.92 Å². The molecule has 0 heterocycles. The van der Waals surface area contributed by atoms with Crippen LogP contribution in [0.15, 0.2) is 24.3 Å². The van der Waals surface area contributed by atoms with Crippen molar-refractivity contribution in [2.75, 3.05) is 25.5 Å². The molecule has 1 aromatic carbocycles. The zero-order valence-electron chi connectivity index (χ0n) is 26.4. The lowest BCUT2D eigenvalue weighted by Gasteiger charge is -2.33. The van der Waals surface area contributed by atoms with Crippen molar-refractivity contribution in [2.45, 2.75) is 85.0 Å². The largest absolute Gasteiger partial charge is 0.444 e.